The summed E-state index contributed by atoms with van der Waals surface area (Å²) in [5.74, 6) is -6.57. The van der Waals surface area contributed by atoms with Gasteiger partial charge in [0.15, 0.2) is 11.4 Å². The van der Waals surface area contributed by atoms with Gasteiger partial charge >= 0.3 is 0 Å². The van der Waals surface area contributed by atoms with E-state index in [0.717, 1.165) is 37.2 Å². The van der Waals surface area contributed by atoms with Crippen molar-refractivity contribution in [1.29, 1.82) is 0 Å². The summed E-state index contributed by atoms with van der Waals surface area (Å²) in [5.41, 5.74) is 4.20. The van der Waals surface area contributed by atoms with Gasteiger partial charge in [-0.1, -0.05) is 0 Å². The third kappa shape index (κ3) is 4.39. The van der Waals surface area contributed by atoms with Gasteiger partial charge in [0.2, 0.25) is 5.78 Å². The number of likely N-dealkylation sites (N-methyl/N-ethyl adjacent to an activating group) is 1. The largest absolute Gasteiger partial charge is 0.508 e. The molecule has 4 atom stereocenters. The van der Waals surface area contributed by atoms with Crippen molar-refractivity contribution in [3.05, 3.63) is 39.7 Å². The molecule has 42 heavy (non-hydrogen) atoms. The molecule has 0 spiro atoms. The predicted molar refractivity (Wildman–Crippen MR) is 154 cm³/mol. The number of nitrogens with zero attached hydrogens (tertiary/aromatic N) is 3. The van der Waals surface area contributed by atoms with Gasteiger partial charge in [-0.05, 0) is 62.9 Å². The number of aliphatic hydroxyl groups is 3. The van der Waals surface area contributed by atoms with Crippen molar-refractivity contribution in [3.8, 4) is 5.75 Å². The zero-order valence-corrected chi connectivity index (χ0v) is 24.7. The van der Waals surface area contributed by atoms with Crippen molar-refractivity contribution in [1.82, 2.24) is 9.80 Å². The summed E-state index contributed by atoms with van der Waals surface area (Å²) in [6.07, 6.45) is 2.32. The maximum absolute atomic E-state index is 14.0. The van der Waals surface area contributed by atoms with Crippen LogP contribution in [0.5, 0.6) is 5.75 Å². The van der Waals surface area contributed by atoms with Crippen molar-refractivity contribution in [3.63, 3.8) is 0 Å². The SMILES string of the molecule is COC1CCN(Cc2cc(O)c3c(c2N(C)C)C[C@H]2C[C@H]4[C@H](N(C)C)C(=O)C(C(N)=O)=C(O)[C@@]4(O)C(=O)C2=C3O)CC1. The van der Waals surface area contributed by atoms with Crippen LogP contribution in [0.1, 0.15) is 36.0 Å². The fourth-order valence-electron chi connectivity index (χ4n) is 7.59. The van der Waals surface area contributed by atoms with Gasteiger partial charge < -0.3 is 35.8 Å². The molecule has 0 unspecified atom stereocenters. The van der Waals surface area contributed by atoms with Crippen molar-refractivity contribution < 1.29 is 39.5 Å². The highest BCUT2D eigenvalue weighted by molar-refractivity contribution is 6.24. The summed E-state index contributed by atoms with van der Waals surface area (Å²) >= 11 is 0. The Kier molecular flexibility index (Phi) is 7.63. The number of hydrogen-bond donors (Lipinski definition) is 5. The molecule has 1 heterocycles. The van der Waals surface area contributed by atoms with Gasteiger partial charge in [0.1, 0.15) is 22.8 Å². The molecule has 6 N–H and O–H groups in total. The van der Waals surface area contributed by atoms with E-state index in [9.17, 15) is 34.8 Å². The molecule has 0 aromatic heterocycles. The second-order valence-corrected chi connectivity index (χ2v) is 12.3. The molecule has 1 saturated carbocycles. The van der Waals surface area contributed by atoms with Crippen molar-refractivity contribution >= 4 is 28.9 Å². The summed E-state index contributed by atoms with van der Waals surface area (Å²) in [6, 6.07) is 0.480. The third-order valence-corrected chi connectivity index (χ3v) is 9.48. The van der Waals surface area contributed by atoms with Crippen LogP contribution < -0.4 is 10.6 Å². The normalized spacial score (nSPS) is 28.6. The average molecular weight is 585 g/mol. The lowest BCUT2D eigenvalue weighted by molar-refractivity contribution is -0.153. The number of methoxy groups -OCH3 is 1. The second-order valence-electron chi connectivity index (χ2n) is 12.3. The maximum atomic E-state index is 14.0. The molecule has 12 nitrogen and oxygen atoms in total. The molecule has 1 amide bonds. The first-order chi connectivity index (χ1) is 19.7. The van der Waals surface area contributed by atoms with Crippen LogP contribution in [0.4, 0.5) is 5.69 Å². The second kappa shape index (κ2) is 10.7. The number of amides is 1. The molecule has 2 fully saturated rings. The number of ether oxygens (including phenoxy) is 1. The highest BCUT2D eigenvalue weighted by Gasteiger charge is 2.64. The summed E-state index contributed by atoms with van der Waals surface area (Å²) in [5, 5.41) is 45.6. The highest BCUT2D eigenvalue weighted by Crippen LogP contribution is 2.54. The summed E-state index contributed by atoms with van der Waals surface area (Å²) in [7, 11) is 8.64. The Morgan fingerprint density at radius 1 is 1.14 bits per heavy atom. The molecule has 0 radical (unpaired) electrons. The van der Waals surface area contributed by atoms with Crippen LogP contribution in [0.3, 0.4) is 0 Å². The van der Waals surface area contributed by atoms with Gasteiger partial charge in [0.25, 0.3) is 5.91 Å². The number of carbonyl (C=O) groups excluding carboxylic acids is 3. The van der Waals surface area contributed by atoms with Gasteiger partial charge in [0.05, 0.1) is 17.7 Å². The molecule has 5 rings (SSSR count). The van der Waals surface area contributed by atoms with Crippen LogP contribution in [0, 0.1) is 11.8 Å². The number of aromatic hydroxyl groups is 1. The Labute approximate surface area is 244 Å². The number of fused-ring (bicyclic) bond motifs is 3. The number of carbonyl (C=O) groups is 3. The molecule has 0 bridgehead atoms. The number of benzene rings is 1. The minimum absolute atomic E-state index is 0.0498. The number of hydrogen-bond acceptors (Lipinski definition) is 11. The fourth-order valence-corrected chi connectivity index (χ4v) is 7.59. The molecule has 4 aliphatic rings. The zero-order chi connectivity index (χ0) is 30.8. The van der Waals surface area contributed by atoms with E-state index < -0.39 is 58.0 Å². The topological polar surface area (TPSA) is 177 Å². The van der Waals surface area contributed by atoms with Crippen LogP contribution in [0.25, 0.3) is 5.76 Å². The average Bonchev–Trinajstić information content (AvgIpc) is 2.90. The van der Waals surface area contributed by atoms with E-state index in [0.29, 0.717) is 12.1 Å². The maximum Gasteiger partial charge on any atom is 0.255 e. The molecule has 12 heteroatoms. The first-order valence-corrected chi connectivity index (χ1v) is 14.2. The van der Waals surface area contributed by atoms with Crippen molar-refractivity contribution in [2.45, 2.75) is 50.0 Å². The van der Waals surface area contributed by atoms with Crippen LogP contribution in [-0.4, -0.2) is 114 Å². The Hall–Kier alpha value is -3.45. The van der Waals surface area contributed by atoms with Crippen LogP contribution in [0.2, 0.25) is 0 Å². The Morgan fingerprint density at radius 2 is 1.79 bits per heavy atom. The number of primary amides is 1. The van der Waals surface area contributed by atoms with Gasteiger partial charge in [0, 0.05) is 58.0 Å². The number of rotatable bonds is 6. The van der Waals surface area contributed by atoms with Gasteiger partial charge in [-0.2, -0.15) is 0 Å². The number of Topliss-reactive ketones (excluding diaryl/α,β-unsaturated/α-hetero) is 2. The molecule has 1 aliphatic heterocycles. The molecule has 3 aliphatic carbocycles. The molecular weight excluding hydrogens is 544 g/mol. The van der Waals surface area contributed by atoms with E-state index in [1.165, 1.54) is 4.90 Å². The highest BCUT2D eigenvalue weighted by atomic mass is 16.5. The first-order valence-electron chi connectivity index (χ1n) is 14.2. The number of phenolic OH excluding ortho intramolecular Hbond substituents is 1. The summed E-state index contributed by atoms with van der Waals surface area (Å²) in [6.45, 7) is 2.24. The minimum atomic E-state index is -2.65. The first kappa shape index (κ1) is 30.0. The monoisotopic (exact) mass is 584 g/mol. The number of likely N-dealkylation sites (tertiary alicyclic amines) is 1. The standard InChI is InChI=1S/C30H40N4O8/c1-32(2)23-15(13-34-8-6-16(42-5)7-9-34)12-19(35)21-17(23)10-14-11-18-24(33(3)4)26(37)22(29(31)40)28(39)30(18,41)27(38)20(14)25(21)36/h12,14,16,18,24,35-36,39,41H,6-11,13H2,1-5H3,(H2,31,40)/t14-,18-,24-,30-/m0/s1. The van der Waals surface area contributed by atoms with E-state index in [4.69, 9.17) is 10.5 Å². The van der Waals surface area contributed by atoms with Crippen LogP contribution >= 0.6 is 0 Å². The van der Waals surface area contributed by atoms with Gasteiger partial charge in [-0.3, -0.25) is 24.2 Å². The minimum Gasteiger partial charge on any atom is -0.508 e. The lowest BCUT2D eigenvalue weighted by atomic mass is 9.57. The number of ketones is 2. The Bertz CT molecular complexity index is 1410. The Balaban J connectivity index is 1.63. The Morgan fingerprint density at radius 3 is 2.33 bits per heavy atom. The van der Waals surface area contributed by atoms with Crippen molar-refractivity contribution in [2.24, 2.45) is 17.6 Å². The van der Waals surface area contributed by atoms with Crippen molar-refractivity contribution in [2.75, 3.05) is 53.3 Å². The number of aliphatic hydroxyl groups excluding tert-OH is 2. The van der Waals surface area contributed by atoms with Crippen LogP contribution in [-0.2, 0) is 32.1 Å². The number of nitrogens with two attached hydrogens (primary N) is 1. The molecule has 1 saturated heterocycles. The predicted octanol–water partition coefficient (Wildman–Crippen LogP) is 0.641. The summed E-state index contributed by atoms with van der Waals surface area (Å²) in [4.78, 5) is 45.2. The van der Waals surface area contributed by atoms with E-state index in [1.807, 2.05) is 19.0 Å². The summed E-state index contributed by atoms with van der Waals surface area (Å²) < 4.78 is 5.50. The van der Waals surface area contributed by atoms with Crippen LogP contribution in [0.15, 0.2) is 23.0 Å². The number of phenols is 1. The van der Waals surface area contributed by atoms with Gasteiger partial charge in [-0.25, -0.2) is 0 Å². The lowest BCUT2D eigenvalue weighted by Gasteiger charge is -2.50. The molecule has 1 aromatic rings. The van der Waals surface area contributed by atoms with Gasteiger partial charge in [-0.15, -0.1) is 0 Å². The van der Waals surface area contributed by atoms with E-state index >= 15 is 0 Å². The fraction of sp³-hybridized carbons (Fsp3) is 0.567. The third-order valence-electron chi connectivity index (χ3n) is 9.48. The quantitative estimate of drug-likeness (QED) is 0.297. The van der Waals surface area contributed by atoms with E-state index in [2.05, 4.69) is 4.90 Å². The molecule has 1 aromatic carbocycles. The van der Waals surface area contributed by atoms with E-state index in [1.54, 1.807) is 27.3 Å². The molecule has 228 valence electrons. The lowest BCUT2D eigenvalue weighted by Crippen LogP contribution is -2.65. The number of anilines is 1. The molecular formula is C30H40N4O8. The number of piperidine rings is 1. The smallest absolute Gasteiger partial charge is 0.255 e. The van der Waals surface area contributed by atoms with E-state index in [-0.39, 0.29) is 35.8 Å². The zero-order valence-electron chi connectivity index (χ0n) is 24.7.